The number of benzene rings is 2. The maximum absolute atomic E-state index is 12.6. The van der Waals surface area contributed by atoms with Gasteiger partial charge in [-0.2, -0.15) is 0 Å². The highest BCUT2D eigenvalue weighted by atomic mass is 35.5. The molecule has 0 radical (unpaired) electrons. The maximum atomic E-state index is 12.6. The van der Waals surface area contributed by atoms with Crippen LogP contribution in [0.2, 0.25) is 5.02 Å². The van der Waals surface area contributed by atoms with Gasteiger partial charge in [-0.1, -0.05) is 41.9 Å². The van der Waals surface area contributed by atoms with E-state index in [9.17, 15) is 4.79 Å². The summed E-state index contributed by atoms with van der Waals surface area (Å²) in [6, 6.07) is 14.9. The molecule has 0 fully saturated rings. The molecule has 2 nitrogen and oxygen atoms in total. The van der Waals surface area contributed by atoms with Crippen molar-refractivity contribution in [1.82, 2.24) is 4.98 Å². The molecule has 0 aliphatic carbocycles. The molecule has 0 spiro atoms. The third kappa shape index (κ3) is 2.04. The molecule has 0 saturated heterocycles. The van der Waals surface area contributed by atoms with Gasteiger partial charge >= 0.3 is 0 Å². The lowest BCUT2D eigenvalue weighted by molar-refractivity contribution is 0.104. The summed E-state index contributed by atoms with van der Waals surface area (Å²) in [6.45, 7) is 1.91. The third-order valence-electron chi connectivity index (χ3n) is 3.21. The van der Waals surface area contributed by atoms with Gasteiger partial charge in [0.1, 0.15) is 0 Å². The van der Waals surface area contributed by atoms with Crippen molar-refractivity contribution >= 4 is 28.3 Å². The summed E-state index contributed by atoms with van der Waals surface area (Å²) in [6.07, 6.45) is 0. The van der Waals surface area contributed by atoms with Crippen molar-refractivity contribution in [2.75, 3.05) is 0 Å². The first-order valence-corrected chi connectivity index (χ1v) is 6.42. The highest BCUT2D eigenvalue weighted by molar-refractivity contribution is 6.31. The normalized spacial score (nSPS) is 10.8. The number of hydrogen-bond donors (Lipinski definition) is 1. The molecular weight excluding hydrogens is 258 g/mol. The molecule has 0 bridgehead atoms. The molecule has 1 N–H and O–H groups in total. The summed E-state index contributed by atoms with van der Waals surface area (Å²) < 4.78 is 0. The first-order valence-electron chi connectivity index (χ1n) is 6.04. The Balaban J connectivity index is 2.19. The summed E-state index contributed by atoms with van der Waals surface area (Å²) in [5.41, 5.74) is 3.19. The number of fused-ring (bicyclic) bond motifs is 1. The van der Waals surface area contributed by atoms with Gasteiger partial charge in [0.25, 0.3) is 0 Å². The van der Waals surface area contributed by atoms with Crippen LogP contribution in [0.15, 0.2) is 48.5 Å². The van der Waals surface area contributed by atoms with Gasteiger partial charge in [-0.25, -0.2) is 0 Å². The Bertz CT molecular complexity index is 773. The number of ketones is 1. The third-order valence-corrected chi connectivity index (χ3v) is 3.44. The topological polar surface area (TPSA) is 32.9 Å². The van der Waals surface area contributed by atoms with E-state index in [1.54, 1.807) is 24.3 Å². The van der Waals surface area contributed by atoms with Crippen molar-refractivity contribution in [2.24, 2.45) is 0 Å². The van der Waals surface area contributed by atoms with Crippen LogP contribution >= 0.6 is 11.6 Å². The first kappa shape index (κ1) is 12.0. The van der Waals surface area contributed by atoms with Gasteiger partial charge in [0.2, 0.25) is 0 Å². The van der Waals surface area contributed by atoms with Crippen molar-refractivity contribution in [2.45, 2.75) is 6.92 Å². The van der Waals surface area contributed by atoms with Crippen molar-refractivity contribution in [3.8, 4) is 0 Å². The van der Waals surface area contributed by atoms with Gasteiger partial charge in [0.15, 0.2) is 5.78 Å². The van der Waals surface area contributed by atoms with Crippen molar-refractivity contribution in [3.05, 3.63) is 70.4 Å². The minimum atomic E-state index is -0.00236. The van der Waals surface area contributed by atoms with Crippen LogP contribution in [0.3, 0.4) is 0 Å². The van der Waals surface area contributed by atoms with E-state index in [2.05, 4.69) is 4.98 Å². The van der Waals surface area contributed by atoms with Crippen LogP contribution in [0.1, 0.15) is 21.6 Å². The number of para-hydroxylation sites is 1. The maximum Gasteiger partial charge on any atom is 0.195 e. The van der Waals surface area contributed by atoms with E-state index in [-0.39, 0.29) is 5.78 Å². The lowest BCUT2D eigenvalue weighted by atomic mass is 10.0. The molecule has 3 aromatic rings. The van der Waals surface area contributed by atoms with Gasteiger partial charge in [-0.05, 0) is 25.1 Å². The second-order valence-electron chi connectivity index (χ2n) is 4.51. The molecule has 94 valence electrons. The van der Waals surface area contributed by atoms with Gasteiger partial charge in [0, 0.05) is 27.2 Å². The molecule has 3 heteroatoms. The van der Waals surface area contributed by atoms with E-state index in [1.165, 1.54) is 0 Å². The summed E-state index contributed by atoms with van der Waals surface area (Å²) in [7, 11) is 0. The smallest absolute Gasteiger partial charge is 0.195 e. The zero-order chi connectivity index (χ0) is 13.4. The van der Waals surface area contributed by atoms with Gasteiger partial charge in [-0.15, -0.1) is 0 Å². The molecule has 1 heterocycles. The highest BCUT2D eigenvalue weighted by Gasteiger charge is 2.17. The Labute approximate surface area is 116 Å². The number of carbonyl (C=O) groups is 1. The van der Waals surface area contributed by atoms with Crippen LogP contribution in [0.4, 0.5) is 0 Å². The summed E-state index contributed by atoms with van der Waals surface area (Å²) in [5, 5.41) is 1.52. The number of rotatable bonds is 2. The van der Waals surface area contributed by atoms with Crippen molar-refractivity contribution < 1.29 is 4.79 Å². The fourth-order valence-electron chi connectivity index (χ4n) is 2.34. The predicted molar refractivity (Wildman–Crippen MR) is 77.9 cm³/mol. The lowest BCUT2D eigenvalue weighted by Gasteiger charge is -2.02. The minimum absolute atomic E-state index is 0.00236. The predicted octanol–water partition coefficient (Wildman–Crippen LogP) is 4.36. The second kappa shape index (κ2) is 4.56. The Hall–Kier alpha value is -2.06. The Morgan fingerprint density at radius 2 is 1.89 bits per heavy atom. The summed E-state index contributed by atoms with van der Waals surface area (Å²) in [4.78, 5) is 15.9. The molecule has 2 aromatic carbocycles. The van der Waals surface area contributed by atoms with Crippen LogP contribution in [-0.4, -0.2) is 10.8 Å². The fourth-order valence-corrected chi connectivity index (χ4v) is 2.53. The van der Waals surface area contributed by atoms with E-state index in [0.29, 0.717) is 10.6 Å². The monoisotopic (exact) mass is 269 g/mol. The average molecular weight is 270 g/mol. The largest absolute Gasteiger partial charge is 0.358 e. The summed E-state index contributed by atoms with van der Waals surface area (Å²) in [5.74, 6) is -0.00236. The van der Waals surface area contributed by atoms with Crippen LogP contribution in [0.25, 0.3) is 10.9 Å². The SMILES string of the molecule is Cc1[nH]c2ccccc2c1C(=O)c1cccc(Cl)c1. The number of aromatic nitrogens is 1. The van der Waals surface area contributed by atoms with Gasteiger partial charge in [0.05, 0.1) is 5.56 Å². The Morgan fingerprint density at radius 3 is 2.68 bits per heavy atom. The Morgan fingerprint density at radius 1 is 1.11 bits per heavy atom. The number of hydrogen-bond acceptors (Lipinski definition) is 1. The quantitative estimate of drug-likeness (QED) is 0.689. The highest BCUT2D eigenvalue weighted by Crippen LogP contribution is 2.25. The molecule has 0 amide bonds. The Kier molecular flexibility index (Phi) is 2.88. The average Bonchev–Trinajstić information content (AvgIpc) is 2.74. The van der Waals surface area contributed by atoms with Crippen LogP contribution in [-0.2, 0) is 0 Å². The lowest BCUT2D eigenvalue weighted by Crippen LogP contribution is -2.02. The zero-order valence-electron chi connectivity index (χ0n) is 10.4. The number of aromatic amines is 1. The number of halogens is 1. The first-order chi connectivity index (χ1) is 9.16. The van der Waals surface area contributed by atoms with Gasteiger partial charge in [-0.3, -0.25) is 4.79 Å². The van der Waals surface area contributed by atoms with E-state index < -0.39 is 0 Å². The van der Waals surface area contributed by atoms with Crippen LogP contribution in [0.5, 0.6) is 0 Å². The molecule has 0 atom stereocenters. The molecule has 1 aromatic heterocycles. The van der Waals surface area contributed by atoms with Crippen LogP contribution < -0.4 is 0 Å². The van der Waals surface area contributed by atoms with E-state index in [0.717, 1.165) is 22.2 Å². The summed E-state index contributed by atoms with van der Waals surface area (Å²) >= 11 is 5.95. The number of nitrogens with one attached hydrogen (secondary N) is 1. The van der Waals surface area contributed by atoms with Crippen molar-refractivity contribution in [3.63, 3.8) is 0 Å². The van der Waals surface area contributed by atoms with Gasteiger partial charge < -0.3 is 4.98 Å². The number of H-pyrrole nitrogens is 1. The minimum Gasteiger partial charge on any atom is -0.358 e. The number of aryl methyl sites for hydroxylation is 1. The van der Waals surface area contributed by atoms with Crippen LogP contribution in [0, 0.1) is 6.92 Å². The standard InChI is InChI=1S/C16H12ClNO/c1-10-15(13-7-2-3-8-14(13)18-10)16(19)11-5-4-6-12(17)9-11/h2-9,18H,1H3. The zero-order valence-corrected chi connectivity index (χ0v) is 11.2. The van der Waals surface area contributed by atoms with E-state index in [4.69, 9.17) is 11.6 Å². The molecule has 19 heavy (non-hydrogen) atoms. The van der Waals surface area contributed by atoms with E-state index >= 15 is 0 Å². The molecule has 3 rings (SSSR count). The number of carbonyl (C=O) groups excluding carboxylic acids is 1. The molecule has 0 unspecified atom stereocenters. The molecule has 0 aliphatic heterocycles. The molecule has 0 aliphatic rings. The fraction of sp³-hybridized carbons (Fsp3) is 0.0625. The molecule has 0 saturated carbocycles. The van der Waals surface area contributed by atoms with Crippen molar-refractivity contribution in [1.29, 1.82) is 0 Å². The molecular formula is C16H12ClNO. The van der Waals surface area contributed by atoms with E-state index in [1.807, 2.05) is 31.2 Å². The second-order valence-corrected chi connectivity index (χ2v) is 4.95.